The smallest absolute Gasteiger partial charge is 0.335 e. The third-order valence-corrected chi connectivity index (χ3v) is 2.60. The van der Waals surface area contributed by atoms with Gasteiger partial charge >= 0.3 is 5.97 Å². The van der Waals surface area contributed by atoms with Gasteiger partial charge in [0.15, 0.2) is 0 Å². The molecule has 6 heteroatoms. The van der Waals surface area contributed by atoms with Gasteiger partial charge in [-0.1, -0.05) is 11.8 Å². The molecule has 0 radical (unpaired) electrons. The number of hydrogen-bond acceptors (Lipinski definition) is 3. The summed E-state index contributed by atoms with van der Waals surface area (Å²) in [7, 11) is 0. The molecule has 102 valence electrons. The van der Waals surface area contributed by atoms with Gasteiger partial charge in [-0.15, -0.1) is 0 Å². The van der Waals surface area contributed by atoms with E-state index in [-0.39, 0.29) is 11.3 Å². The van der Waals surface area contributed by atoms with Crippen molar-refractivity contribution in [2.75, 3.05) is 5.32 Å². The average molecular weight is 274 g/mol. The largest absolute Gasteiger partial charge is 0.870 e. The minimum atomic E-state index is -1.37. The molecule has 0 heterocycles. The van der Waals surface area contributed by atoms with Crippen LogP contribution in [0.2, 0.25) is 0 Å². The molecule has 0 aromatic heterocycles. The second kappa shape index (κ2) is 5.40. The van der Waals surface area contributed by atoms with Crippen LogP contribution in [0.15, 0.2) is 42.5 Å². The van der Waals surface area contributed by atoms with E-state index < -0.39 is 29.0 Å². The van der Waals surface area contributed by atoms with E-state index in [9.17, 15) is 19.1 Å². The molecule has 20 heavy (non-hydrogen) atoms. The first-order valence-corrected chi connectivity index (χ1v) is 5.59. The Bertz CT molecular complexity index is 667. The van der Waals surface area contributed by atoms with Crippen molar-refractivity contribution < 1.29 is 24.2 Å². The molecule has 2 aromatic rings. The number of carbonyl (C=O) groups is 2. The lowest BCUT2D eigenvalue weighted by molar-refractivity contribution is -0.267. The molecular formula is C14H9FNO4-. The zero-order chi connectivity index (χ0) is 14.7. The van der Waals surface area contributed by atoms with Gasteiger partial charge in [-0.25, -0.2) is 9.18 Å². The molecule has 0 fully saturated rings. The zero-order valence-corrected chi connectivity index (χ0v) is 10.1. The zero-order valence-electron chi connectivity index (χ0n) is 10.1. The van der Waals surface area contributed by atoms with Crippen LogP contribution in [0.3, 0.4) is 0 Å². The number of hydrogen-bond donors (Lipinski definition) is 2. The normalized spacial score (nSPS) is 10.1. The first-order chi connectivity index (χ1) is 9.49. The third kappa shape index (κ3) is 2.74. The van der Waals surface area contributed by atoms with E-state index in [1.54, 1.807) is 0 Å². The molecule has 0 unspecified atom stereocenters. The number of carboxylic acid groups (broad SMARTS) is 1. The van der Waals surface area contributed by atoms with Crippen molar-refractivity contribution in [3.8, 4) is 5.75 Å². The van der Waals surface area contributed by atoms with E-state index in [4.69, 9.17) is 5.11 Å². The highest BCUT2D eigenvalue weighted by molar-refractivity contribution is 6.06. The van der Waals surface area contributed by atoms with E-state index in [0.29, 0.717) is 0 Å². The maximum absolute atomic E-state index is 12.7. The van der Waals surface area contributed by atoms with Gasteiger partial charge in [0.1, 0.15) is 5.82 Å². The molecule has 0 aliphatic rings. The molecule has 2 aromatic carbocycles. The first-order valence-electron chi connectivity index (χ1n) is 5.59. The molecule has 0 bridgehead atoms. The van der Waals surface area contributed by atoms with Gasteiger partial charge in [-0.05, 0) is 36.4 Å². The third-order valence-electron chi connectivity index (χ3n) is 2.60. The van der Waals surface area contributed by atoms with Gasteiger partial charge in [-0.3, -0.25) is 4.79 Å². The molecule has 5 nitrogen and oxygen atoms in total. The number of halogens is 1. The van der Waals surface area contributed by atoms with Crippen LogP contribution in [0.4, 0.5) is 10.1 Å². The monoisotopic (exact) mass is 274 g/mol. The Kier molecular flexibility index (Phi) is 3.65. The topological polar surface area (TPSA) is 89.5 Å². The number of carbonyl (C=O) groups excluding carboxylic acids is 1. The second-order valence-electron chi connectivity index (χ2n) is 3.95. The quantitative estimate of drug-likeness (QED) is 0.893. The molecule has 0 spiro atoms. The van der Waals surface area contributed by atoms with Crippen LogP contribution in [0.1, 0.15) is 20.7 Å². The van der Waals surface area contributed by atoms with Gasteiger partial charge in [0.2, 0.25) is 0 Å². The first kappa shape index (κ1) is 13.5. The van der Waals surface area contributed by atoms with Crippen molar-refractivity contribution in [2.45, 2.75) is 0 Å². The van der Waals surface area contributed by atoms with Crippen LogP contribution in [-0.2, 0) is 0 Å². The SMILES string of the molecule is O=C(Nc1cccc(C(=O)O)c1[O-])c1ccc(F)cc1. The lowest BCUT2D eigenvalue weighted by Gasteiger charge is -2.16. The molecule has 2 N–H and O–H groups in total. The number of nitrogens with one attached hydrogen (secondary N) is 1. The van der Waals surface area contributed by atoms with E-state index in [1.807, 2.05) is 0 Å². The molecule has 0 aliphatic heterocycles. The molecule has 0 aliphatic carbocycles. The molecule has 2 rings (SSSR count). The summed E-state index contributed by atoms with van der Waals surface area (Å²) in [5, 5.41) is 22.9. The van der Waals surface area contributed by atoms with Gasteiger partial charge in [0, 0.05) is 11.3 Å². The molecular weight excluding hydrogens is 265 g/mol. The fourth-order valence-corrected chi connectivity index (χ4v) is 1.60. The Morgan fingerprint density at radius 1 is 1.10 bits per heavy atom. The summed E-state index contributed by atoms with van der Waals surface area (Å²) in [6.07, 6.45) is 0. The number of carboxylic acids is 1. The Labute approximate surface area is 113 Å². The van der Waals surface area contributed by atoms with Crippen molar-refractivity contribution in [2.24, 2.45) is 0 Å². The minimum Gasteiger partial charge on any atom is -0.870 e. The highest BCUT2D eigenvalue weighted by atomic mass is 19.1. The summed E-state index contributed by atoms with van der Waals surface area (Å²) >= 11 is 0. The second-order valence-corrected chi connectivity index (χ2v) is 3.95. The summed E-state index contributed by atoms with van der Waals surface area (Å²) in [6.45, 7) is 0. The minimum absolute atomic E-state index is 0.140. The molecule has 1 amide bonds. The van der Waals surface area contributed by atoms with E-state index in [2.05, 4.69) is 5.32 Å². The average Bonchev–Trinajstić information content (AvgIpc) is 2.41. The Hall–Kier alpha value is -2.89. The van der Waals surface area contributed by atoms with Gasteiger partial charge in [-0.2, -0.15) is 0 Å². The van der Waals surface area contributed by atoms with Crippen LogP contribution < -0.4 is 10.4 Å². The van der Waals surface area contributed by atoms with Crippen LogP contribution >= 0.6 is 0 Å². The van der Waals surface area contributed by atoms with Gasteiger partial charge in [0.25, 0.3) is 5.91 Å². The Morgan fingerprint density at radius 3 is 2.35 bits per heavy atom. The summed E-state index contributed by atoms with van der Waals surface area (Å²) in [6, 6.07) is 8.55. The van der Waals surface area contributed by atoms with Crippen molar-refractivity contribution >= 4 is 17.6 Å². The maximum atomic E-state index is 12.7. The summed E-state index contributed by atoms with van der Waals surface area (Å²) in [5.74, 6) is -3.26. The van der Waals surface area contributed by atoms with Crippen molar-refractivity contribution in [1.29, 1.82) is 0 Å². The Balaban J connectivity index is 2.26. The van der Waals surface area contributed by atoms with Crippen molar-refractivity contribution in [3.05, 3.63) is 59.4 Å². The number of rotatable bonds is 3. The van der Waals surface area contributed by atoms with Gasteiger partial charge < -0.3 is 15.5 Å². The predicted octanol–water partition coefficient (Wildman–Crippen LogP) is 1.85. The number of amides is 1. The standard InChI is InChI=1S/C14H10FNO4/c15-9-6-4-8(5-7-9)13(18)16-11-3-1-2-10(12(11)17)14(19)20/h1-7,17H,(H,16,18)(H,19,20)/p-1. The molecule has 0 saturated carbocycles. The van der Waals surface area contributed by atoms with Crippen LogP contribution in [0, 0.1) is 5.82 Å². The number of para-hydroxylation sites is 1. The van der Waals surface area contributed by atoms with Gasteiger partial charge in [0.05, 0.1) is 5.56 Å². The number of anilines is 1. The summed E-state index contributed by atoms with van der Waals surface area (Å²) in [5.41, 5.74) is -0.410. The number of aromatic carboxylic acids is 1. The van der Waals surface area contributed by atoms with Crippen molar-refractivity contribution in [3.63, 3.8) is 0 Å². The van der Waals surface area contributed by atoms with E-state index >= 15 is 0 Å². The fraction of sp³-hybridized carbons (Fsp3) is 0. The lowest BCUT2D eigenvalue weighted by atomic mass is 10.1. The highest BCUT2D eigenvalue weighted by Crippen LogP contribution is 2.25. The lowest BCUT2D eigenvalue weighted by Crippen LogP contribution is -2.15. The Morgan fingerprint density at radius 2 is 1.75 bits per heavy atom. The maximum Gasteiger partial charge on any atom is 0.335 e. The van der Waals surface area contributed by atoms with Crippen LogP contribution in [-0.4, -0.2) is 17.0 Å². The molecule has 0 atom stereocenters. The fourth-order valence-electron chi connectivity index (χ4n) is 1.60. The summed E-state index contributed by atoms with van der Waals surface area (Å²) < 4.78 is 12.7. The van der Waals surface area contributed by atoms with Crippen molar-refractivity contribution in [1.82, 2.24) is 0 Å². The van der Waals surface area contributed by atoms with Crippen LogP contribution in [0.5, 0.6) is 5.75 Å². The number of benzene rings is 2. The molecule has 0 saturated heterocycles. The predicted molar refractivity (Wildman–Crippen MR) is 67.2 cm³/mol. The summed E-state index contributed by atoms with van der Waals surface area (Å²) in [4.78, 5) is 22.7. The highest BCUT2D eigenvalue weighted by Gasteiger charge is 2.10. The van der Waals surface area contributed by atoms with E-state index in [1.165, 1.54) is 24.3 Å². The van der Waals surface area contributed by atoms with Crippen LogP contribution in [0.25, 0.3) is 0 Å². The van der Waals surface area contributed by atoms with E-state index in [0.717, 1.165) is 18.2 Å².